The molecule has 0 unspecified atom stereocenters. The molecule has 6 nitrogen and oxygen atoms in total. The Bertz CT molecular complexity index is 627. The van der Waals surface area contributed by atoms with Gasteiger partial charge in [0.25, 0.3) is 0 Å². The molecule has 1 amide bonds. The number of nitrogens with zero attached hydrogens (tertiary/aromatic N) is 1. The normalized spacial score (nSPS) is 11.7. The minimum absolute atomic E-state index is 0.162. The van der Waals surface area contributed by atoms with Gasteiger partial charge in [-0.15, -0.1) is 11.3 Å². The van der Waals surface area contributed by atoms with Crippen molar-refractivity contribution in [2.24, 2.45) is 5.73 Å². The zero-order chi connectivity index (χ0) is 15.2. The van der Waals surface area contributed by atoms with E-state index in [1.807, 2.05) is 30.3 Å². The van der Waals surface area contributed by atoms with Gasteiger partial charge >= 0.3 is 5.97 Å². The summed E-state index contributed by atoms with van der Waals surface area (Å²) in [5, 5.41) is 4.44. The van der Waals surface area contributed by atoms with Crippen molar-refractivity contribution < 1.29 is 14.3 Å². The van der Waals surface area contributed by atoms with Crippen molar-refractivity contribution in [2.45, 2.75) is 12.5 Å². The number of benzene rings is 1. The predicted molar refractivity (Wildman–Crippen MR) is 80.2 cm³/mol. The largest absolute Gasteiger partial charge is 0.464 e. The van der Waals surface area contributed by atoms with Gasteiger partial charge < -0.3 is 15.8 Å². The Morgan fingerprint density at radius 3 is 2.76 bits per heavy atom. The molecule has 1 atom stereocenters. The van der Waals surface area contributed by atoms with Crippen LogP contribution in [0.3, 0.4) is 0 Å². The van der Waals surface area contributed by atoms with Crippen LogP contribution in [-0.2, 0) is 16.0 Å². The SMILES string of the molecule is COC(=O)c1csc(NC(=O)[C@H](N)Cc2ccccc2)n1. The number of anilines is 1. The minimum atomic E-state index is -0.683. The summed E-state index contributed by atoms with van der Waals surface area (Å²) in [7, 11) is 1.27. The molecule has 110 valence electrons. The van der Waals surface area contributed by atoms with E-state index in [2.05, 4.69) is 15.0 Å². The average Bonchev–Trinajstić information content (AvgIpc) is 2.96. The number of thiazole rings is 1. The average molecular weight is 305 g/mol. The molecule has 3 N–H and O–H groups in total. The fourth-order valence-electron chi connectivity index (χ4n) is 1.69. The first kappa shape index (κ1) is 15.1. The molecule has 2 aromatic rings. The predicted octanol–water partition coefficient (Wildman–Crippen LogP) is 1.44. The maximum Gasteiger partial charge on any atom is 0.357 e. The number of nitrogens with two attached hydrogens (primary N) is 1. The Morgan fingerprint density at radius 2 is 2.10 bits per heavy atom. The van der Waals surface area contributed by atoms with Crippen LogP contribution in [0.1, 0.15) is 16.1 Å². The lowest BCUT2D eigenvalue weighted by molar-refractivity contribution is -0.117. The molecule has 0 aliphatic rings. The fourth-order valence-corrected chi connectivity index (χ4v) is 2.37. The second-order valence-corrected chi connectivity index (χ2v) is 5.17. The van der Waals surface area contributed by atoms with Crippen LogP contribution >= 0.6 is 11.3 Å². The zero-order valence-electron chi connectivity index (χ0n) is 11.4. The van der Waals surface area contributed by atoms with Crippen LogP contribution in [-0.4, -0.2) is 30.0 Å². The number of carbonyl (C=O) groups excluding carboxylic acids is 2. The highest BCUT2D eigenvalue weighted by Gasteiger charge is 2.17. The number of hydrogen-bond donors (Lipinski definition) is 2. The van der Waals surface area contributed by atoms with Gasteiger partial charge in [0.15, 0.2) is 10.8 Å². The van der Waals surface area contributed by atoms with Gasteiger partial charge in [-0.3, -0.25) is 4.79 Å². The summed E-state index contributed by atoms with van der Waals surface area (Å²) in [5.41, 5.74) is 7.01. The quantitative estimate of drug-likeness (QED) is 0.815. The van der Waals surface area contributed by atoms with Crippen molar-refractivity contribution in [1.82, 2.24) is 4.98 Å². The van der Waals surface area contributed by atoms with Gasteiger partial charge in [-0.1, -0.05) is 30.3 Å². The first-order valence-corrected chi connectivity index (χ1v) is 7.12. The monoisotopic (exact) mass is 305 g/mol. The molecule has 0 fully saturated rings. The summed E-state index contributed by atoms with van der Waals surface area (Å²) in [5.74, 6) is -0.884. The molecule has 1 heterocycles. The van der Waals surface area contributed by atoms with Gasteiger partial charge in [0.2, 0.25) is 5.91 Å². The summed E-state index contributed by atoms with van der Waals surface area (Å²) in [6, 6.07) is 8.82. The number of aromatic nitrogens is 1. The summed E-state index contributed by atoms with van der Waals surface area (Å²) in [6.07, 6.45) is 0.432. The lowest BCUT2D eigenvalue weighted by atomic mass is 10.1. The Morgan fingerprint density at radius 1 is 1.38 bits per heavy atom. The first-order valence-electron chi connectivity index (χ1n) is 6.24. The number of esters is 1. The van der Waals surface area contributed by atoms with Crippen LogP contribution < -0.4 is 11.1 Å². The van der Waals surface area contributed by atoms with E-state index in [1.54, 1.807) is 0 Å². The third-order valence-corrected chi connectivity index (χ3v) is 3.52. The van der Waals surface area contributed by atoms with E-state index >= 15 is 0 Å². The zero-order valence-corrected chi connectivity index (χ0v) is 12.2. The molecule has 7 heteroatoms. The smallest absolute Gasteiger partial charge is 0.357 e. The number of amides is 1. The topological polar surface area (TPSA) is 94.3 Å². The molecule has 1 aromatic carbocycles. The summed E-state index contributed by atoms with van der Waals surface area (Å²) in [4.78, 5) is 27.2. The maximum absolute atomic E-state index is 12.0. The Balaban J connectivity index is 1.94. The molecule has 0 bridgehead atoms. The number of nitrogens with one attached hydrogen (secondary N) is 1. The van der Waals surface area contributed by atoms with E-state index in [4.69, 9.17) is 5.73 Å². The van der Waals surface area contributed by atoms with E-state index < -0.39 is 12.0 Å². The van der Waals surface area contributed by atoms with E-state index in [0.29, 0.717) is 11.6 Å². The van der Waals surface area contributed by atoms with Crippen LogP contribution in [0, 0.1) is 0 Å². The van der Waals surface area contributed by atoms with Crippen LogP contribution in [0.15, 0.2) is 35.7 Å². The van der Waals surface area contributed by atoms with E-state index in [1.165, 1.54) is 12.5 Å². The second-order valence-electron chi connectivity index (χ2n) is 4.31. The molecule has 1 aromatic heterocycles. The first-order chi connectivity index (χ1) is 10.1. The second kappa shape index (κ2) is 6.96. The van der Waals surface area contributed by atoms with Crippen molar-refractivity contribution in [3.05, 3.63) is 47.0 Å². The third kappa shape index (κ3) is 4.11. The molecule has 0 spiro atoms. The Hall–Kier alpha value is -2.25. The number of methoxy groups -OCH3 is 1. The highest BCUT2D eigenvalue weighted by Crippen LogP contribution is 2.16. The molecule has 0 aliphatic carbocycles. The molecular weight excluding hydrogens is 290 g/mol. The van der Waals surface area contributed by atoms with Crippen LogP contribution in [0.4, 0.5) is 5.13 Å². The summed E-state index contributed by atoms with van der Waals surface area (Å²) in [6.45, 7) is 0. The van der Waals surface area contributed by atoms with Gasteiger partial charge in [-0.25, -0.2) is 9.78 Å². The number of carbonyl (C=O) groups is 2. The van der Waals surface area contributed by atoms with Gasteiger partial charge in [-0.2, -0.15) is 0 Å². The molecule has 21 heavy (non-hydrogen) atoms. The van der Waals surface area contributed by atoms with Crippen molar-refractivity contribution in [1.29, 1.82) is 0 Å². The van der Waals surface area contributed by atoms with Gasteiger partial charge in [-0.05, 0) is 12.0 Å². The van der Waals surface area contributed by atoms with Gasteiger partial charge in [0, 0.05) is 5.38 Å². The van der Waals surface area contributed by atoms with Gasteiger partial charge in [0.1, 0.15) is 0 Å². The van der Waals surface area contributed by atoms with Crippen molar-refractivity contribution >= 4 is 28.3 Å². The molecule has 0 saturated carbocycles. The Labute approximate surface area is 125 Å². The number of ether oxygens (including phenoxy) is 1. The highest BCUT2D eigenvalue weighted by atomic mass is 32.1. The summed E-state index contributed by atoms with van der Waals surface area (Å²) >= 11 is 1.15. The fraction of sp³-hybridized carbons (Fsp3) is 0.214. The third-order valence-electron chi connectivity index (χ3n) is 2.76. The lowest BCUT2D eigenvalue weighted by Gasteiger charge is -2.10. The molecular formula is C14H15N3O3S. The highest BCUT2D eigenvalue weighted by molar-refractivity contribution is 7.14. The molecule has 0 radical (unpaired) electrons. The van der Waals surface area contributed by atoms with E-state index in [9.17, 15) is 9.59 Å². The van der Waals surface area contributed by atoms with Crippen molar-refractivity contribution in [3.8, 4) is 0 Å². The number of rotatable bonds is 5. The Kier molecular flexibility index (Phi) is 5.02. The minimum Gasteiger partial charge on any atom is -0.464 e. The molecule has 0 aliphatic heterocycles. The van der Waals surface area contributed by atoms with E-state index in [-0.39, 0.29) is 11.6 Å². The number of hydrogen-bond acceptors (Lipinski definition) is 6. The van der Waals surface area contributed by atoms with Crippen LogP contribution in [0.5, 0.6) is 0 Å². The molecule has 0 saturated heterocycles. The van der Waals surface area contributed by atoms with Crippen molar-refractivity contribution in [3.63, 3.8) is 0 Å². The van der Waals surface area contributed by atoms with E-state index in [0.717, 1.165) is 16.9 Å². The van der Waals surface area contributed by atoms with Crippen molar-refractivity contribution in [2.75, 3.05) is 12.4 Å². The van der Waals surface area contributed by atoms with Crippen LogP contribution in [0.2, 0.25) is 0 Å². The molecule has 2 rings (SSSR count). The summed E-state index contributed by atoms with van der Waals surface area (Å²) < 4.78 is 4.55. The van der Waals surface area contributed by atoms with Gasteiger partial charge in [0.05, 0.1) is 13.2 Å². The maximum atomic E-state index is 12.0. The lowest BCUT2D eigenvalue weighted by Crippen LogP contribution is -2.37. The van der Waals surface area contributed by atoms with Crippen LogP contribution in [0.25, 0.3) is 0 Å². The standard InChI is InChI=1S/C14H15N3O3S/c1-20-13(19)11-8-21-14(16-11)17-12(18)10(15)7-9-5-3-2-4-6-9/h2-6,8,10H,7,15H2,1H3,(H,16,17,18)/t10-/m1/s1.